The first-order chi connectivity index (χ1) is 21.8. The second kappa shape index (κ2) is 17.4. The van der Waals surface area contributed by atoms with E-state index in [2.05, 4.69) is 95.5 Å². The first-order valence-electron chi connectivity index (χ1n) is 18.1. The Bertz CT molecular complexity index is 1140. The molecule has 240 valence electrons. The molecule has 0 saturated carbocycles. The van der Waals surface area contributed by atoms with Gasteiger partial charge in [-0.05, 0) is 100 Å². The molecule has 0 aromatic heterocycles. The van der Waals surface area contributed by atoms with E-state index in [0.29, 0.717) is 6.04 Å². The van der Waals surface area contributed by atoms with Crippen LogP contribution in [0.1, 0.15) is 82.6 Å². The number of nitrogens with zero attached hydrogens (tertiary/aromatic N) is 4. The topological polar surface area (TPSA) is 12.5 Å². The highest BCUT2D eigenvalue weighted by molar-refractivity contribution is 8.76. The van der Waals surface area contributed by atoms with E-state index in [0.717, 1.165) is 11.8 Å². The SMILES string of the molecule is C1=CC(N2CCCC2)CC=C1CCC1CC=[N+](CCSSCC[N+]2=CCC(CCc3ccc(N4CCCC4)cc3)CC2)CC1. The van der Waals surface area contributed by atoms with E-state index in [1.165, 1.54) is 159 Å². The van der Waals surface area contributed by atoms with E-state index in [1.54, 1.807) is 5.57 Å². The molecule has 44 heavy (non-hydrogen) atoms. The summed E-state index contributed by atoms with van der Waals surface area (Å²) in [5.41, 5.74) is 4.53. The molecule has 4 aliphatic heterocycles. The van der Waals surface area contributed by atoms with Gasteiger partial charge in [0.2, 0.25) is 0 Å². The number of rotatable bonds is 15. The fourth-order valence-electron chi connectivity index (χ4n) is 7.84. The molecule has 3 atom stereocenters. The van der Waals surface area contributed by atoms with Gasteiger partial charge in [-0.25, -0.2) is 9.15 Å². The quantitative estimate of drug-likeness (QED) is 0.111. The first-order valence-corrected chi connectivity index (χ1v) is 20.6. The van der Waals surface area contributed by atoms with Crippen LogP contribution in [-0.2, 0) is 6.42 Å². The Balaban J connectivity index is 0.775. The van der Waals surface area contributed by atoms with Crippen molar-refractivity contribution in [3.8, 4) is 0 Å². The lowest BCUT2D eigenvalue weighted by atomic mass is 9.90. The molecule has 0 spiro atoms. The van der Waals surface area contributed by atoms with E-state index >= 15 is 0 Å². The summed E-state index contributed by atoms with van der Waals surface area (Å²) in [5, 5.41) is 0. The van der Waals surface area contributed by atoms with Crippen LogP contribution < -0.4 is 4.90 Å². The van der Waals surface area contributed by atoms with E-state index in [-0.39, 0.29) is 0 Å². The van der Waals surface area contributed by atoms with Crippen molar-refractivity contribution < 1.29 is 9.15 Å². The predicted octanol–water partition coefficient (Wildman–Crippen LogP) is 7.72. The summed E-state index contributed by atoms with van der Waals surface area (Å²) < 4.78 is 5.20. The van der Waals surface area contributed by atoms with Gasteiger partial charge in [0.1, 0.15) is 25.5 Å². The second-order valence-corrected chi connectivity index (χ2v) is 16.7. The molecule has 5 aliphatic rings. The van der Waals surface area contributed by atoms with Gasteiger partial charge in [-0.3, -0.25) is 4.90 Å². The fraction of sp³-hybridized carbons (Fsp3) is 0.684. The molecule has 4 heterocycles. The van der Waals surface area contributed by atoms with Crippen molar-refractivity contribution in [2.24, 2.45) is 11.8 Å². The van der Waals surface area contributed by atoms with Crippen LogP contribution in [0.15, 0.2) is 48.1 Å². The lowest BCUT2D eigenvalue weighted by molar-refractivity contribution is -0.525. The largest absolute Gasteiger partial charge is 0.372 e. The molecule has 1 aromatic carbocycles. The number of anilines is 1. The third kappa shape index (κ3) is 10.00. The molecule has 6 heteroatoms. The summed E-state index contributed by atoms with van der Waals surface area (Å²) in [5.74, 6) is 4.22. The third-order valence-corrected chi connectivity index (χ3v) is 13.3. The Morgan fingerprint density at radius 3 is 1.89 bits per heavy atom. The predicted molar refractivity (Wildman–Crippen MR) is 194 cm³/mol. The van der Waals surface area contributed by atoms with Crippen molar-refractivity contribution in [2.75, 3.05) is 68.8 Å². The minimum Gasteiger partial charge on any atom is -0.372 e. The number of hydrogen-bond acceptors (Lipinski definition) is 4. The van der Waals surface area contributed by atoms with Crippen molar-refractivity contribution in [3.05, 3.63) is 53.6 Å². The van der Waals surface area contributed by atoms with Crippen LogP contribution in [0, 0.1) is 11.8 Å². The normalized spacial score (nSPS) is 26.1. The van der Waals surface area contributed by atoms with Gasteiger partial charge in [-0.15, -0.1) is 0 Å². The number of benzene rings is 1. The van der Waals surface area contributed by atoms with Crippen molar-refractivity contribution >= 4 is 39.7 Å². The average molecular weight is 635 g/mol. The van der Waals surface area contributed by atoms with Crippen molar-refractivity contribution in [1.29, 1.82) is 0 Å². The Morgan fingerprint density at radius 2 is 1.32 bits per heavy atom. The van der Waals surface area contributed by atoms with Crippen LogP contribution >= 0.6 is 21.6 Å². The van der Waals surface area contributed by atoms with E-state index in [1.807, 2.05) is 0 Å². The van der Waals surface area contributed by atoms with E-state index in [4.69, 9.17) is 0 Å². The lowest BCUT2D eigenvalue weighted by Gasteiger charge is -2.26. The number of allylic oxidation sites excluding steroid dienone is 2. The molecule has 1 aromatic rings. The summed E-state index contributed by atoms with van der Waals surface area (Å²) in [6, 6.07) is 10.1. The molecule has 1 aliphatic carbocycles. The van der Waals surface area contributed by atoms with E-state index < -0.39 is 0 Å². The molecular weight excluding hydrogens is 577 g/mol. The Morgan fingerprint density at radius 1 is 0.705 bits per heavy atom. The van der Waals surface area contributed by atoms with Crippen molar-refractivity contribution in [1.82, 2.24) is 4.90 Å². The molecule has 0 bridgehead atoms. The molecule has 0 radical (unpaired) electrons. The molecule has 0 N–H and O–H groups in total. The Kier molecular flexibility index (Phi) is 12.8. The van der Waals surface area contributed by atoms with Gasteiger partial charge in [0, 0.05) is 50.5 Å². The van der Waals surface area contributed by atoms with Gasteiger partial charge in [0.05, 0.1) is 11.5 Å². The minimum atomic E-state index is 0.675. The molecule has 6 rings (SSSR count). The standard InChI is InChI=1S/C38H58N4S2/c1-2-22-41(21-1)37-13-9-33(10-14-37)5-7-35-17-25-39(26-18-35)29-31-43-44-32-30-40-27-19-36(20-28-40)8-6-34-11-15-38(16-12-34)42-23-3-4-24-42/h9-15,25,27,35-36,38H,1-8,16-24,26,28-32H2/q+2. The molecular formula is C38H58N4S2+2. The molecule has 0 amide bonds. The summed E-state index contributed by atoms with van der Waals surface area (Å²) in [6.45, 7) is 10.0. The molecule has 2 saturated heterocycles. The number of aryl methyl sites for hydroxylation is 1. The maximum Gasteiger partial charge on any atom is 0.152 e. The smallest absolute Gasteiger partial charge is 0.152 e. The van der Waals surface area contributed by atoms with Crippen molar-refractivity contribution in [2.45, 2.75) is 89.5 Å². The van der Waals surface area contributed by atoms with Gasteiger partial charge in [-0.1, -0.05) is 57.5 Å². The van der Waals surface area contributed by atoms with Gasteiger partial charge in [-0.2, -0.15) is 0 Å². The highest BCUT2D eigenvalue weighted by atomic mass is 33.1. The van der Waals surface area contributed by atoms with Crippen LogP contribution in [0.2, 0.25) is 0 Å². The number of hydrogen-bond donors (Lipinski definition) is 0. The summed E-state index contributed by atoms with van der Waals surface area (Å²) in [7, 11) is 4.16. The minimum absolute atomic E-state index is 0.675. The molecule has 2 fully saturated rings. The second-order valence-electron chi connectivity index (χ2n) is 14.0. The van der Waals surface area contributed by atoms with Gasteiger partial charge >= 0.3 is 0 Å². The zero-order valence-corrected chi connectivity index (χ0v) is 28.9. The summed E-state index contributed by atoms with van der Waals surface area (Å²) in [6.07, 6.45) is 29.7. The lowest BCUT2D eigenvalue weighted by Crippen LogP contribution is -2.31. The fourth-order valence-corrected chi connectivity index (χ4v) is 9.85. The average Bonchev–Trinajstić information content (AvgIpc) is 3.82. The highest BCUT2D eigenvalue weighted by Crippen LogP contribution is 2.27. The summed E-state index contributed by atoms with van der Waals surface area (Å²) >= 11 is 0. The van der Waals surface area contributed by atoms with Crippen LogP contribution in [0.5, 0.6) is 0 Å². The maximum atomic E-state index is 2.67. The Hall–Kier alpha value is -1.50. The van der Waals surface area contributed by atoms with Crippen LogP contribution in [0.3, 0.4) is 0 Å². The maximum absolute atomic E-state index is 2.67. The van der Waals surface area contributed by atoms with Crippen LogP contribution in [-0.4, -0.2) is 96.4 Å². The van der Waals surface area contributed by atoms with Crippen LogP contribution in [0.25, 0.3) is 0 Å². The summed E-state index contributed by atoms with van der Waals surface area (Å²) in [4.78, 5) is 5.20. The first kappa shape index (κ1) is 32.4. The monoisotopic (exact) mass is 634 g/mol. The van der Waals surface area contributed by atoms with Gasteiger partial charge in [0.15, 0.2) is 13.1 Å². The van der Waals surface area contributed by atoms with Gasteiger partial charge in [0.25, 0.3) is 0 Å². The third-order valence-electron chi connectivity index (χ3n) is 10.9. The highest BCUT2D eigenvalue weighted by Gasteiger charge is 2.23. The Labute approximate surface area is 276 Å². The van der Waals surface area contributed by atoms with Crippen molar-refractivity contribution in [3.63, 3.8) is 0 Å². The molecule has 4 nitrogen and oxygen atoms in total. The zero-order chi connectivity index (χ0) is 29.8. The number of likely N-dealkylation sites (tertiary alicyclic amines) is 1. The molecule has 3 unspecified atom stereocenters. The zero-order valence-electron chi connectivity index (χ0n) is 27.3. The van der Waals surface area contributed by atoms with Crippen LogP contribution in [0.4, 0.5) is 5.69 Å². The van der Waals surface area contributed by atoms with E-state index in [9.17, 15) is 0 Å². The van der Waals surface area contributed by atoms with Gasteiger partial charge < -0.3 is 4.90 Å².